The van der Waals surface area contributed by atoms with Gasteiger partial charge in [-0.05, 0) is 31.5 Å². The van der Waals surface area contributed by atoms with E-state index in [0.29, 0.717) is 6.42 Å². The monoisotopic (exact) mass is 221 g/mol. The molecule has 0 aromatic heterocycles. The molecule has 0 saturated heterocycles. The van der Waals surface area contributed by atoms with Gasteiger partial charge in [0.25, 0.3) is 0 Å². The number of hydrogen-bond donors (Lipinski definition) is 0. The van der Waals surface area contributed by atoms with Crippen LogP contribution in [-0.4, -0.2) is 26.5 Å². The van der Waals surface area contributed by atoms with E-state index in [1.54, 1.807) is 14.0 Å². The van der Waals surface area contributed by atoms with Crippen LogP contribution in [0.25, 0.3) is 0 Å². The molecule has 0 bridgehead atoms. The molecule has 0 amide bonds. The molecule has 88 valence electrons. The summed E-state index contributed by atoms with van der Waals surface area (Å²) in [6.45, 7) is 4.37. The maximum absolute atomic E-state index is 10.9. The number of Topliss-reactive ketones (excluding diaryl/α,β-unsaturated/α-hetero) is 1. The first kappa shape index (κ1) is 12.6. The average molecular weight is 221 g/mol. The predicted molar refractivity (Wildman–Crippen MR) is 66.3 cm³/mol. The van der Waals surface area contributed by atoms with Gasteiger partial charge in [-0.3, -0.25) is 4.79 Å². The molecule has 0 aliphatic carbocycles. The van der Waals surface area contributed by atoms with Crippen LogP contribution in [0, 0.1) is 6.92 Å². The molecule has 1 aromatic carbocycles. The summed E-state index contributed by atoms with van der Waals surface area (Å²) >= 11 is 0. The van der Waals surface area contributed by atoms with E-state index >= 15 is 0 Å². The van der Waals surface area contributed by atoms with Gasteiger partial charge in [0.2, 0.25) is 0 Å². The average Bonchev–Trinajstić information content (AvgIpc) is 2.25. The first-order chi connectivity index (χ1) is 7.54. The van der Waals surface area contributed by atoms with Crippen molar-refractivity contribution in [3.05, 3.63) is 23.8 Å². The van der Waals surface area contributed by atoms with E-state index in [0.717, 1.165) is 18.0 Å². The molecule has 1 aromatic rings. The molecular weight excluding hydrogens is 202 g/mol. The molecule has 0 radical (unpaired) electrons. The summed E-state index contributed by atoms with van der Waals surface area (Å²) in [6, 6.07) is 6.04. The van der Waals surface area contributed by atoms with Crippen LogP contribution in [0.2, 0.25) is 0 Å². The fraction of sp³-hybridized carbons (Fsp3) is 0.462. The first-order valence-electron chi connectivity index (χ1n) is 5.40. The van der Waals surface area contributed by atoms with Gasteiger partial charge in [0.05, 0.1) is 12.8 Å². The van der Waals surface area contributed by atoms with E-state index in [1.807, 2.05) is 31.0 Å². The van der Waals surface area contributed by atoms with Crippen LogP contribution in [-0.2, 0) is 4.79 Å². The largest absolute Gasteiger partial charge is 0.495 e. The molecule has 0 atom stereocenters. The molecule has 3 nitrogen and oxygen atoms in total. The van der Waals surface area contributed by atoms with Gasteiger partial charge >= 0.3 is 0 Å². The summed E-state index contributed by atoms with van der Waals surface area (Å²) in [4.78, 5) is 13.0. The lowest BCUT2D eigenvalue weighted by Crippen LogP contribution is -2.21. The van der Waals surface area contributed by atoms with Gasteiger partial charge in [0, 0.05) is 20.0 Å². The number of carbonyl (C=O) groups excluding carboxylic acids is 1. The number of anilines is 1. The highest BCUT2D eigenvalue weighted by Crippen LogP contribution is 2.28. The van der Waals surface area contributed by atoms with Crippen LogP contribution in [0.4, 0.5) is 5.69 Å². The molecule has 0 heterocycles. The molecule has 1 rings (SSSR count). The third kappa shape index (κ3) is 3.26. The summed E-state index contributed by atoms with van der Waals surface area (Å²) in [7, 11) is 3.63. The molecular formula is C13H19NO2. The summed E-state index contributed by atoms with van der Waals surface area (Å²) in [5.41, 5.74) is 2.22. The minimum atomic E-state index is 0.207. The number of ether oxygens (including phenoxy) is 1. The summed E-state index contributed by atoms with van der Waals surface area (Å²) in [5, 5.41) is 0. The van der Waals surface area contributed by atoms with Gasteiger partial charge in [-0.25, -0.2) is 0 Å². The molecule has 3 heteroatoms. The fourth-order valence-electron chi connectivity index (χ4n) is 1.54. The van der Waals surface area contributed by atoms with Crippen molar-refractivity contribution < 1.29 is 9.53 Å². The number of nitrogens with zero attached hydrogens (tertiary/aromatic N) is 1. The van der Waals surface area contributed by atoms with Crippen LogP contribution in [0.15, 0.2) is 18.2 Å². The molecule has 0 saturated carbocycles. The number of ketones is 1. The van der Waals surface area contributed by atoms with E-state index < -0.39 is 0 Å². The lowest BCUT2D eigenvalue weighted by molar-refractivity contribution is -0.116. The fourth-order valence-corrected chi connectivity index (χ4v) is 1.54. The Kier molecular flexibility index (Phi) is 4.35. The Labute approximate surface area is 97.0 Å². The zero-order valence-corrected chi connectivity index (χ0v) is 10.4. The summed E-state index contributed by atoms with van der Waals surface area (Å²) in [5.74, 6) is 1.05. The Bertz CT molecular complexity index is 374. The van der Waals surface area contributed by atoms with E-state index in [-0.39, 0.29) is 5.78 Å². The van der Waals surface area contributed by atoms with Gasteiger partial charge in [-0.15, -0.1) is 0 Å². The second-order valence-corrected chi connectivity index (χ2v) is 4.05. The number of rotatable bonds is 5. The molecule has 0 aliphatic heterocycles. The third-order valence-electron chi connectivity index (χ3n) is 2.54. The zero-order valence-electron chi connectivity index (χ0n) is 10.4. The Balaban J connectivity index is 2.84. The van der Waals surface area contributed by atoms with E-state index in [4.69, 9.17) is 4.74 Å². The standard InChI is InChI=1S/C13H19NO2/c1-10-5-6-13(16-4)12(9-10)14(3)8-7-11(2)15/h5-6,9H,7-8H2,1-4H3. The molecule has 0 aliphatic rings. The van der Waals surface area contributed by atoms with Crippen LogP contribution < -0.4 is 9.64 Å². The van der Waals surface area contributed by atoms with Crippen molar-refractivity contribution in [1.82, 2.24) is 0 Å². The highest BCUT2D eigenvalue weighted by atomic mass is 16.5. The van der Waals surface area contributed by atoms with Crippen molar-refractivity contribution in [3.63, 3.8) is 0 Å². The minimum absolute atomic E-state index is 0.207. The van der Waals surface area contributed by atoms with E-state index in [9.17, 15) is 4.79 Å². The Morgan fingerprint density at radius 3 is 2.69 bits per heavy atom. The third-order valence-corrected chi connectivity index (χ3v) is 2.54. The van der Waals surface area contributed by atoms with Crippen molar-refractivity contribution in [2.24, 2.45) is 0 Å². The number of hydrogen-bond acceptors (Lipinski definition) is 3. The Morgan fingerprint density at radius 1 is 1.44 bits per heavy atom. The maximum Gasteiger partial charge on any atom is 0.142 e. The van der Waals surface area contributed by atoms with Gasteiger partial charge in [0.15, 0.2) is 0 Å². The molecule has 0 spiro atoms. The van der Waals surface area contributed by atoms with E-state index in [2.05, 4.69) is 6.07 Å². The molecule has 16 heavy (non-hydrogen) atoms. The molecule has 0 fully saturated rings. The zero-order chi connectivity index (χ0) is 12.1. The van der Waals surface area contributed by atoms with Crippen LogP contribution in [0.5, 0.6) is 5.75 Å². The normalized spacial score (nSPS) is 10.0. The van der Waals surface area contributed by atoms with Crippen LogP contribution in [0.1, 0.15) is 18.9 Å². The first-order valence-corrected chi connectivity index (χ1v) is 5.40. The van der Waals surface area contributed by atoms with Gasteiger partial charge in [-0.2, -0.15) is 0 Å². The van der Waals surface area contributed by atoms with Gasteiger partial charge < -0.3 is 9.64 Å². The van der Waals surface area contributed by atoms with Crippen LogP contribution in [0.3, 0.4) is 0 Å². The SMILES string of the molecule is COc1ccc(C)cc1N(C)CCC(C)=O. The predicted octanol–water partition coefficient (Wildman–Crippen LogP) is 2.42. The number of aryl methyl sites for hydroxylation is 1. The lowest BCUT2D eigenvalue weighted by atomic mass is 10.2. The quantitative estimate of drug-likeness (QED) is 0.764. The maximum atomic E-state index is 10.9. The smallest absolute Gasteiger partial charge is 0.142 e. The van der Waals surface area contributed by atoms with E-state index in [1.165, 1.54) is 5.56 Å². The summed E-state index contributed by atoms with van der Waals surface area (Å²) < 4.78 is 5.30. The number of methoxy groups -OCH3 is 1. The van der Waals surface area contributed by atoms with Crippen molar-refractivity contribution in [2.75, 3.05) is 25.6 Å². The molecule has 0 unspecified atom stereocenters. The van der Waals surface area contributed by atoms with Gasteiger partial charge in [0.1, 0.15) is 11.5 Å². The Morgan fingerprint density at radius 2 is 2.12 bits per heavy atom. The van der Waals surface area contributed by atoms with Crippen molar-refractivity contribution >= 4 is 11.5 Å². The number of carbonyl (C=O) groups is 1. The highest BCUT2D eigenvalue weighted by Gasteiger charge is 2.08. The lowest BCUT2D eigenvalue weighted by Gasteiger charge is -2.21. The second kappa shape index (κ2) is 5.54. The Hall–Kier alpha value is -1.51. The summed E-state index contributed by atoms with van der Waals surface area (Å²) in [6.07, 6.45) is 0.563. The van der Waals surface area contributed by atoms with Crippen molar-refractivity contribution in [2.45, 2.75) is 20.3 Å². The number of benzene rings is 1. The van der Waals surface area contributed by atoms with Crippen molar-refractivity contribution in [1.29, 1.82) is 0 Å². The van der Waals surface area contributed by atoms with Crippen LogP contribution >= 0.6 is 0 Å². The second-order valence-electron chi connectivity index (χ2n) is 4.05. The van der Waals surface area contributed by atoms with Crippen molar-refractivity contribution in [3.8, 4) is 5.75 Å². The van der Waals surface area contributed by atoms with Gasteiger partial charge in [-0.1, -0.05) is 6.07 Å². The topological polar surface area (TPSA) is 29.5 Å². The minimum Gasteiger partial charge on any atom is -0.495 e. The highest BCUT2D eigenvalue weighted by molar-refractivity contribution is 5.76. The molecule has 0 N–H and O–H groups in total.